The molecule has 5 heteroatoms. The molecule has 2 N–H and O–H groups in total. The van der Waals surface area contributed by atoms with Crippen molar-refractivity contribution >= 4 is 23.2 Å². The van der Waals surface area contributed by atoms with Crippen LogP contribution >= 0.6 is 23.2 Å². The smallest absolute Gasteiger partial charge is 0.270 e. The van der Waals surface area contributed by atoms with E-state index in [0.29, 0.717) is 0 Å². The summed E-state index contributed by atoms with van der Waals surface area (Å²) in [5, 5.41) is 8.65. The standard InChI is InChI=1S/C5H3Cl2NO2/c6-2-1-8-5(10)3(7)4(2)9/h1H,(H2,8,9,10). The molecule has 1 heterocycles. The maximum atomic E-state index is 10.6. The van der Waals surface area contributed by atoms with Crippen LogP contribution in [0.1, 0.15) is 0 Å². The molecule has 3 nitrogen and oxygen atoms in total. The van der Waals surface area contributed by atoms with Gasteiger partial charge in [0.25, 0.3) is 5.56 Å². The average Bonchev–Trinajstić information content (AvgIpc) is 1.93. The first kappa shape index (κ1) is 7.44. The minimum atomic E-state index is -0.552. The van der Waals surface area contributed by atoms with Crippen LogP contribution in [0.4, 0.5) is 0 Å². The maximum absolute atomic E-state index is 10.6. The van der Waals surface area contributed by atoms with Crippen LogP contribution in [0.2, 0.25) is 10.0 Å². The molecular formula is C5H3Cl2NO2. The lowest BCUT2D eigenvalue weighted by molar-refractivity contribution is 0.474. The van der Waals surface area contributed by atoms with E-state index in [0.717, 1.165) is 0 Å². The fourth-order valence-electron chi connectivity index (χ4n) is 0.473. The van der Waals surface area contributed by atoms with E-state index >= 15 is 0 Å². The molecule has 0 saturated carbocycles. The predicted molar refractivity (Wildman–Crippen MR) is 38.7 cm³/mol. The molecule has 0 fully saturated rings. The van der Waals surface area contributed by atoms with Crippen LogP contribution in [0, 0.1) is 0 Å². The van der Waals surface area contributed by atoms with Gasteiger partial charge >= 0.3 is 0 Å². The Labute approximate surface area is 66.2 Å². The lowest BCUT2D eigenvalue weighted by atomic mass is 10.4. The van der Waals surface area contributed by atoms with Crippen LogP contribution in [0.5, 0.6) is 5.75 Å². The fraction of sp³-hybridized carbons (Fsp3) is 0. The molecule has 0 saturated heterocycles. The van der Waals surface area contributed by atoms with E-state index in [4.69, 9.17) is 28.3 Å². The highest BCUT2D eigenvalue weighted by Crippen LogP contribution is 2.26. The molecule has 0 atom stereocenters. The van der Waals surface area contributed by atoms with E-state index in [-0.39, 0.29) is 15.8 Å². The lowest BCUT2D eigenvalue weighted by Crippen LogP contribution is -2.04. The van der Waals surface area contributed by atoms with Crippen molar-refractivity contribution in [1.29, 1.82) is 0 Å². The molecule has 0 radical (unpaired) electrons. The monoisotopic (exact) mass is 179 g/mol. The fourth-order valence-corrected chi connectivity index (χ4v) is 0.827. The number of halogens is 2. The number of aromatic amines is 1. The van der Waals surface area contributed by atoms with Gasteiger partial charge in [0, 0.05) is 6.20 Å². The molecule has 0 aliphatic carbocycles. The Kier molecular flexibility index (Phi) is 1.87. The molecule has 1 rings (SSSR count). The van der Waals surface area contributed by atoms with E-state index < -0.39 is 5.56 Å². The lowest BCUT2D eigenvalue weighted by Gasteiger charge is -1.95. The predicted octanol–water partition coefficient (Wildman–Crippen LogP) is 1.39. The molecule has 54 valence electrons. The highest BCUT2D eigenvalue weighted by atomic mass is 35.5. The Morgan fingerprint density at radius 3 is 2.60 bits per heavy atom. The topological polar surface area (TPSA) is 53.1 Å². The summed E-state index contributed by atoms with van der Waals surface area (Å²) < 4.78 is 0. The van der Waals surface area contributed by atoms with Gasteiger partial charge in [-0.25, -0.2) is 0 Å². The van der Waals surface area contributed by atoms with Crippen LogP contribution in [0.25, 0.3) is 0 Å². The molecule has 0 bridgehead atoms. The number of hydrogen-bond acceptors (Lipinski definition) is 2. The molecule has 1 aromatic rings. The second-order valence-electron chi connectivity index (χ2n) is 1.63. The maximum Gasteiger partial charge on any atom is 0.270 e. The van der Waals surface area contributed by atoms with Crippen molar-refractivity contribution in [1.82, 2.24) is 4.98 Å². The summed E-state index contributed by atoms with van der Waals surface area (Å²) in [6.07, 6.45) is 1.17. The number of H-pyrrole nitrogens is 1. The van der Waals surface area contributed by atoms with Gasteiger partial charge in [-0.15, -0.1) is 0 Å². The molecule has 0 spiro atoms. The largest absolute Gasteiger partial charge is 0.505 e. The second-order valence-corrected chi connectivity index (χ2v) is 2.41. The summed E-state index contributed by atoms with van der Waals surface area (Å²) in [7, 11) is 0. The number of rotatable bonds is 0. The highest BCUT2D eigenvalue weighted by molar-refractivity contribution is 6.36. The summed E-state index contributed by atoms with van der Waals surface area (Å²) in [5.41, 5.74) is -0.552. The van der Waals surface area contributed by atoms with Crippen molar-refractivity contribution in [3.63, 3.8) is 0 Å². The zero-order valence-electron chi connectivity index (χ0n) is 4.69. The van der Waals surface area contributed by atoms with Crippen LogP contribution in [-0.4, -0.2) is 10.1 Å². The molecular weight excluding hydrogens is 177 g/mol. The van der Waals surface area contributed by atoms with Gasteiger partial charge in [0.15, 0.2) is 5.75 Å². The first-order chi connectivity index (χ1) is 4.63. The van der Waals surface area contributed by atoms with Crippen molar-refractivity contribution in [3.05, 3.63) is 26.6 Å². The summed E-state index contributed by atoms with van der Waals surface area (Å²) in [6, 6.07) is 0. The van der Waals surface area contributed by atoms with Crippen LogP contribution < -0.4 is 5.56 Å². The zero-order valence-corrected chi connectivity index (χ0v) is 6.20. The summed E-state index contributed by atoms with van der Waals surface area (Å²) >= 11 is 10.7. The van der Waals surface area contributed by atoms with Crippen LogP contribution in [-0.2, 0) is 0 Å². The van der Waals surface area contributed by atoms with Crippen molar-refractivity contribution in [3.8, 4) is 5.75 Å². The SMILES string of the molecule is O=c1[nH]cc(Cl)c(O)c1Cl. The van der Waals surface area contributed by atoms with Crippen LogP contribution in [0.3, 0.4) is 0 Å². The average molecular weight is 180 g/mol. The molecule has 10 heavy (non-hydrogen) atoms. The molecule has 0 aromatic carbocycles. The van der Waals surface area contributed by atoms with Gasteiger partial charge in [0.05, 0.1) is 0 Å². The van der Waals surface area contributed by atoms with Crippen molar-refractivity contribution in [2.75, 3.05) is 0 Å². The third-order valence-electron chi connectivity index (χ3n) is 0.963. The van der Waals surface area contributed by atoms with Crippen molar-refractivity contribution in [2.45, 2.75) is 0 Å². The zero-order chi connectivity index (χ0) is 7.72. The number of aromatic nitrogens is 1. The van der Waals surface area contributed by atoms with Gasteiger partial charge in [-0.05, 0) is 0 Å². The molecule has 1 aromatic heterocycles. The van der Waals surface area contributed by atoms with Gasteiger partial charge in [-0.3, -0.25) is 4.79 Å². The quantitative estimate of drug-likeness (QED) is 0.633. The van der Waals surface area contributed by atoms with Crippen LogP contribution in [0.15, 0.2) is 11.0 Å². The van der Waals surface area contributed by atoms with Gasteiger partial charge < -0.3 is 10.1 Å². The van der Waals surface area contributed by atoms with E-state index in [1.54, 1.807) is 0 Å². The number of pyridine rings is 1. The molecule has 0 unspecified atom stereocenters. The Balaban J connectivity index is 3.49. The minimum absolute atomic E-state index is 0.0320. The summed E-state index contributed by atoms with van der Waals surface area (Å²) in [6.45, 7) is 0. The highest BCUT2D eigenvalue weighted by Gasteiger charge is 2.05. The number of nitrogens with one attached hydrogen (secondary N) is 1. The first-order valence-corrected chi connectivity index (χ1v) is 3.14. The van der Waals surface area contributed by atoms with E-state index in [1.807, 2.05) is 0 Å². The third kappa shape index (κ3) is 1.10. The molecule has 0 aliphatic rings. The van der Waals surface area contributed by atoms with Gasteiger partial charge in [0.2, 0.25) is 0 Å². The first-order valence-electron chi connectivity index (χ1n) is 2.38. The number of hydrogen-bond donors (Lipinski definition) is 2. The summed E-state index contributed by atoms with van der Waals surface area (Å²) in [5.74, 6) is -0.382. The van der Waals surface area contributed by atoms with E-state index in [1.165, 1.54) is 6.20 Å². The summed E-state index contributed by atoms with van der Waals surface area (Å²) in [4.78, 5) is 12.8. The normalized spacial score (nSPS) is 9.80. The van der Waals surface area contributed by atoms with Crippen molar-refractivity contribution < 1.29 is 5.11 Å². The van der Waals surface area contributed by atoms with Gasteiger partial charge in [-0.1, -0.05) is 23.2 Å². The Hall–Kier alpha value is -0.670. The Morgan fingerprint density at radius 2 is 2.10 bits per heavy atom. The Morgan fingerprint density at radius 1 is 1.50 bits per heavy atom. The minimum Gasteiger partial charge on any atom is -0.505 e. The van der Waals surface area contributed by atoms with E-state index in [9.17, 15) is 4.79 Å². The second kappa shape index (κ2) is 2.52. The third-order valence-corrected chi connectivity index (χ3v) is 1.60. The van der Waals surface area contributed by atoms with E-state index in [2.05, 4.69) is 4.98 Å². The van der Waals surface area contributed by atoms with Gasteiger partial charge in [0.1, 0.15) is 10.0 Å². The van der Waals surface area contributed by atoms with Gasteiger partial charge in [-0.2, -0.15) is 0 Å². The molecule has 0 aliphatic heterocycles. The number of aromatic hydroxyl groups is 1. The van der Waals surface area contributed by atoms with Crippen molar-refractivity contribution in [2.24, 2.45) is 0 Å². The molecule has 0 amide bonds. The Bertz CT molecular complexity index is 307.